The van der Waals surface area contributed by atoms with Gasteiger partial charge in [0, 0.05) is 11.1 Å². The molecule has 180 valence electrons. The largest absolute Gasteiger partial charge is 0.497 e. The molecular weight excluding hydrogens is 466 g/mol. The molecule has 0 aliphatic heterocycles. The lowest BCUT2D eigenvalue weighted by Crippen LogP contribution is -2.39. The van der Waals surface area contributed by atoms with E-state index < -0.39 is 50.9 Å². The summed E-state index contributed by atoms with van der Waals surface area (Å²) in [5, 5.41) is 2.16. The molecule has 0 unspecified atom stereocenters. The van der Waals surface area contributed by atoms with Crippen LogP contribution in [0.15, 0.2) is 47.5 Å². The lowest BCUT2D eigenvalue weighted by atomic mass is 10.0. The van der Waals surface area contributed by atoms with Crippen LogP contribution in [0.1, 0.15) is 43.1 Å². The standard InChI is InChI=1S/C24H24F2N2O5S/c1-24(9-10-24)34(31,32)28-23(30)18-8-4-7-17(18)22(29)27-21-19(25)12-15(13-20(21)26)14-5-3-6-16(11-14)33-2/h3,5-6,11-13H,4,7-10H2,1-2H3,(H,27,29)(H,28,30)/i2D3. The molecule has 2 amide bonds. The third kappa shape index (κ3) is 4.54. The summed E-state index contributed by atoms with van der Waals surface area (Å²) in [6, 6.07) is 7.59. The minimum Gasteiger partial charge on any atom is -0.497 e. The zero-order valence-electron chi connectivity index (χ0n) is 21.2. The van der Waals surface area contributed by atoms with Crippen molar-refractivity contribution in [1.82, 2.24) is 4.72 Å². The number of benzene rings is 2. The first-order valence-corrected chi connectivity index (χ1v) is 12.1. The molecular formula is C24H24F2N2O5S. The molecule has 34 heavy (non-hydrogen) atoms. The lowest BCUT2D eigenvalue weighted by Gasteiger charge is -2.14. The summed E-state index contributed by atoms with van der Waals surface area (Å²) < 4.78 is 81.9. The SMILES string of the molecule is [2H]C([2H])([2H])Oc1cccc(-c2cc(F)c(NC(=O)C3=C(C(=O)NS(=O)(=O)C4(C)CC4)CCC3)c(F)c2)c1. The van der Waals surface area contributed by atoms with E-state index in [0.717, 1.165) is 12.1 Å². The number of ether oxygens (including phenoxy) is 1. The minimum atomic E-state index is -3.91. The predicted octanol–water partition coefficient (Wildman–Crippen LogP) is 4.06. The van der Waals surface area contributed by atoms with E-state index in [1.54, 1.807) is 0 Å². The Morgan fingerprint density at radius 1 is 1.03 bits per heavy atom. The van der Waals surface area contributed by atoms with Gasteiger partial charge in [0.15, 0.2) is 0 Å². The molecule has 10 heteroatoms. The number of rotatable bonds is 7. The highest BCUT2D eigenvalue weighted by molar-refractivity contribution is 7.91. The number of amides is 2. The first-order chi connectivity index (χ1) is 17.2. The molecule has 7 nitrogen and oxygen atoms in total. The first-order valence-electron chi connectivity index (χ1n) is 12.1. The van der Waals surface area contributed by atoms with Gasteiger partial charge in [-0.2, -0.15) is 0 Å². The van der Waals surface area contributed by atoms with Crippen LogP contribution in [-0.2, 0) is 19.6 Å². The van der Waals surface area contributed by atoms with Crippen molar-refractivity contribution < 1.29 is 35.6 Å². The summed E-state index contributed by atoms with van der Waals surface area (Å²) in [5.41, 5.74) is -0.454. The van der Waals surface area contributed by atoms with E-state index in [9.17, 15) is 26.8 Å². The van der Waals surface area contributed by atoms with Crippen LogP contribution in [0.4, 0.5) is 14.5 Å². The van der Waals surface area contributed by atoms with Gasteiger partial charge < -0.3 is 10.1 Å². The lowest BCUT2D eigenvalue weighted by molar-refractivity contribution is -0.117. The van der Waals surface area contributed by atoms with Gasteiger partial charge >= 0.3 is 0 Å². The number of carbonyl (C=O) groups excluding carboxylic acids is 2. The summed E-state index contributed by atoms with van der Waals surface area (Å²) in [6.07, 6.45) is 1.55. The second-order valence-electron chi connectivity index (χ2n) is 8.59. The van der Waals surface area contributed by atoms with Gasteiger partial charge in [-0.25, -0.2) is 21.9 Å². The van der Waals surface area contributed by atoms with Crippen LogP contribution in [0, 0.1) is 11.6 Å². The van der Waals surface area contributed by atoms with Gasteiger partial charge in [-0.15, -0.1) is 0 Å². The number of methoxy groups -OCH3 is 1. The number of nitrogens with one attached hydrogen (secondary N) is 2. The van der Waals surface area contributed by atoms with Crippen molar-refractivity contribution in [2.45, 2.75) is 43.8 Å². The van der Waals surface area contributed by atoms with E-state index in [1.807, 2.05) is 4.72 Å². The Kier molecular flexibility index (Phi) is 5.23. The number of carbonyl (C=O) groups is 2. The molecule has 2 aliphatic carbocycles. The first kappa shape index (κ1) is 20.1. The maximum atomic E-state index is 14.9. The van der Waals surface area contributed by atoms with Gasteiger partial charge in [0.05, 0.1) is 15.9 Å². The monoisotopic (exact) mass is 493 g/mol. The number of sulfonamides is 1. The normalized spacial score (nSPS) is 18.5. The van der Waals surface area contributed by atoms with E-state index in [2.05, 4.69) is 5.32 Å². The molecule has 0 saturated heterocycles. The predicted molar refractivity (Wildman–Crippen MR) is 123 cm³/mol. The van der Waals surface area contributed by atoms with Gasteiger partial charge in [-0.3, -0.25) is 9.59 Å². The quantitative estimate of drug-likeness (QED) is 0.606. The van der Waals surface area contributed by atoms with Gasteiger partial charge in [0.2, 0.25) is 10.0 Å². The zero-order chi connectivity index (χ0) is 27.2. The molecule has 0 atom stereocenters. The maximum absolute atomic E-state index is 14.9. The maximum Gasteiger partial charge on any atom is 0.261 e. The van der Waals surface area contributed by atoms with Crippen molar-refractivity contribution in [1.29, 1.82) is 0 Å². The van der Waals surface area contributed by atoms with E-state index in [0.29, 0.717) is 19.3 Å². The molecule has 2 aromatic carbocycles. The van der Waals surface area contributed by atoms with Gasteiger partial charge in [-0.1, -0.05) is 12.1 Å². The Labute approximate surface area is 200 Å². The highest BCUT2D eigenvalue weighted by Crippen LogP contribution is 2.42. The molecule has 0 spiro atoms. The van der Waals surface area contributed by atoms with E-state index in [1.165, 1.54) is 31.2 Å². The Morgan fingerprint density at radius 2 is 1.68 bits per heavy atom. The van der Waals surface area contributed by atoms with Gasteiger partial charge in [0.1, 0.15) is 23.1 Å². The number of anilines is 1. The molecule has 0 bridgehead atoms. The van der Waals surface area contributed by atoms with Gasteiger partial charge in [0.25, 0.3) is 11.8 Å². The van der Waals surface area contributed by atoms with Crippen LogP contribution in [0.3, 0.4) is 0 Å². The molecule has 4 rings (SSSR count). The fourth-order valence-corrected chi connectivity index (χ4v) is 5.04. The van der Waals surface area contributed by atoms with Crippen molar-refractivity contribution in [3.63, 3.8) is 0 Å². The molecule has 0 aromatic heterocycles. The molecule has 0 radical (unpaired) electrons. The highest BCUT2D eigenvalue weighted by Gasteiger charge is 2.51. The molecule has 2 aromatic rings. The highest BCUT2D eigenvalue weighted by atomic mass is 32.2. The Balaban J connectivity index is 1.55. The topological polar surface area (TPSA) is 102 Å². The second-order valence-corrected chi connectivity index (χ2v) is 10.8. The van der Waals surface area contributed by atoms with Crippen LogP contribution < -0.4 is 14.8 Å². The fourth-order valence-electron chi connectivity index (χ4n) is 3.78. The number of halogens is 2. The average Bonchev–Trinajstić information content (AvgIpc) is 3.36. The van der Waals surface area contributed by atoms with Crippen molar-refractivity contribution in [2.75, 3.05) is 12.4 Å². The summed E-state index contributed by atoms with van der Waals surface area (Å²) in [4.78, 5) is 25.5. The summed E-state index contributed by atoms with van der Waals surface area (Å²) in [7, 11) is -6.62. The molecule has 1 saturated carbocycles. The third-order valence-corrected chi connectivity index (χ3v) is 8.32. The van der Waals surface area contributed by atoms with Crippen LogP contribution >= 0.6 is 0 Å². The second kappa shape index (κ2) is 8.83. The number of hydrogen-bond donors (Lipinski definition) is 2. The van der Waals surface area contributed by atoms with Crippen molar-refractivity contribution in [2.24, 2.45) is 0 Å². The fraction of sp³-hybridized carbons (Fsp3) is 0.333. The van der Waals surface area contributed by atoms with Crippen LogP contribution in [0.25, 0.3) is 11.1 Å². The van der Waals surface area contributed by atoms with Crippen LogP contribution in [-0.4, -0.2) is 32.0 Å². The van der Waals surface area contributed by atoms with E-state index in [-0.39, 0.29) is 40.9 Å². The third-order valence-electron chi connectivity index (χ3n) is 6.16. The van der Waals surface area contributed by atoms with E-state index in [4.69, 9.17) is 8.85 Å². The van der Waals surface area contributed by atoms with Crippen molar-refractivity contribution in [3.8, 4) is 16.9 Å². The number of hydrogen-bond acceptors (Lipinski definition) is 5. The smallest absolute Gasteiger partial charge is 0.261 e. The van der Waals surface area contributed by atoms with Crippen molar-refractivity contribution >= 4 is 27.5 Å². The van der Waals surface area contributed by atoms with Crippen LogP contribution in [0.5, 0.6) is 5.75 Å². The molecule has 0 heterocycles. The van der Waals surface area contributed by atoms with Gasteiger partial charge in [-0.05, 0) is 74.4 Å². The molecule has 1 fully saturated rings. The van der Waals surface area contributed by atoms with Crippen LogP contribution in [0.2, 0.25) is 0 Å². The summed E-state index contributed by atoms with van der Waals surface area (Å²) >= 11 is 0. The average molecular weight is 494 g/mol. The Hall–Kier alpha value is -3.27. The zero-order valence-corrected chi connectivity index (χ0v) is 19.0. The summed E-state index contributed by atoms with van der Waals surface area (Å²) in [5.74, 6) is -4.03. The summed E-state index contributed by atoms with van der Waals surface area (Å²) in [6.45, 7) is 1.52. The molecule has 2 N–H and O–H groups in total. The Morgan fingerprint density at radius 3 is 2.29 bits per heavy atom. The Bertz CT molecular complexity index is 1400. The van der Waals surface area contributed by atoms with E-state index >= 15 is 0 Å². The van der Waals surface area contributed by atoms with Crippen molar-refractivity contribution in [3.05, 3.63) is 59.2 Å². The minimum absolute atomic E-state index is 0.0210. The molecule has 2 aliphatic rings.